The SMILES string of the molecule is CCCCOP(C)(C)(O)O[PH](O)(O)OC. The van der Waals surface area contributed by atoms with Crippen LogP contribution in [0.4, 0.5) is 0 Å². The van der Waals surface area contributed by atoms with Crippen molar-refractivity contribution in [3.8, 4) is 0 Å². The van der Waals surface area contributed by atoms with E-state index in [1.165, 1.54) is 13.3 Å². The fourth-order valence-electron chi connectivity index (χ4n) is 0.873. The van der Waals surface area contributed by atoms with E-state index in [0.717, 1.165) is 20.0 Å². The van der Waals surface area contributed by atoms with Crippen LogP contribution in [0, 0.1) is 0 Å². The molecule has 0 aromatic carbocycles. The molecular formula is C7H22O6P2. The summed E-state index contributed by atoms with van der Waals surface area (Å²) in [5.41, 5.74) is 0. The van der Waals surface area contributed by atoms with Crippen LogP contribution in [0.15, 0.2) is 0 Å². The van der Waals surface area contributed by atoms with Crippen LogP contribution in [-0.4, -0.2) is 41.7 Å². The van der Waals surface area contributed by atoms with Crippen molar-refractivity contribution in [2.45, 2.75) is 19.8 Å². The van der Waals surface area contributed by atoms with Crippen molar-refractivity contribution in [1.82, 2.24) is 0 Å². The molecule has 15 heavy (non-hydrogen) atoms. The topological polar surface area (TPSA) is 88.4 Å². The van der Waals surface area contributed by atoms with E-state index in [-0.39, 0.29) is 0 Å². The summed E-state index contributed by atoms with van der Waals surface area (Å²) in [6.45, 7) is 4.95. The molecule has 0 radical (unpaired) electrons. The molecule has 0 heterocycles. The van der Waals surface area contributed by atoms with E-state index < -0.39 is 15.5 Å². The van der Waals surface area contributed by atoms with Gasteiger partial charge in [-0.2, -0.15) is 0 Å². The Morgan fingerprint density at radius 1 is 1.27 bits per heavy atom. The van der Waals surface area contributed by atoms with Gasteiger partial charge in [-0.15, -0.1) is 0 Å². The molecule has 0 aromatic heterocycles. The molecule has 0 spiro atoms. The molecule has 0 saturated carbocycles. The second-order valence-corrected chi connectivity index (χ2v) is 9.97. The van der Waals surface area contributed by atoms with Crippen molar-refractivity contribution >= 4 is 15.5 Å². The van der Waals surface area contributed by atoms with Gasteiger partial charge in [0.25, 0.3) is 0 Å². The average Bonchev–Trinajstić information content (AvgIpc) is 2.01. The van der Waals surface area contributed by atoms with Crippen molar-refractivity contribution in [1.29, 1.82) is 0 Å². The molecule has 0 atom stereocenters. The Bertz CT molecular complexity index is 199. The quantitative estimate of drug-likeness (QED) is 0.476. The second-order valence-electron chi connectivity index (χ2n) is 3.85. The molecule has 8 heteroatoms. The molecule has 0 amide bonds. The Hall–Kier alpha value is 0.620. The van der Waals surface area contributed by atoms with Crippen LogP contribution >= 0.6 is 15.5 Å². The molecule has 0 fully saturated rings. The first-order valence-corrected chi connectivity index (χ1v) is 9.35. The van der Waals surface area contributed by atoms with E-state index >= 15 is 0 Å². The minimum atomic E-state index is -4.26. The molecule has 0 aliphatic carbocycles. The first-order chi connectivity index (χ1) is 6.60. The number of unbranched alkanes of at least 4 members (excludes halogenated alkanes) is 1. The Labute approximate surface area is 91.0 Å². The molecule has 96 valence electrons. The van der Waals surface area contributed by atoms with Crippen LogP contribution < -0.4 is 0 Å². The maximum atomic E-state index is 9.99. The van der Waals surface area contributed by atoms with E-state index in [1.54, 1.807) is 0 Å². The molecule has 3 N–H and O–H groups in total. The van der Waals surface area contributed by atoms with Crippen LogP contribution in [0.2, 0.25) is 0 Å². The third-order valence-electron chi connectivity index (χ3n) is 1.60. The van der Waals surface area contributed by atoms with Gasteiger partial charge in [-0.05, 0) is 0 Å². The van der Waals surface area contributed by atoms with Gasteiger partial charge in [-0.3, -0.25) is 0 Å². The third kappa shape index (κ3) is 7.50. The van der Waals surface area contributed by atoms with Crippen LogP contribution in [0.3, 0.4) is 0 Å². The molecule has 0 unspecified atom stereocenters. The number of rotatable bonds is 7. The molecule has 0 saturated heterocycles. The summed E-state index contributed by atoms with van der Waals surface area (Å²) in [5.74, 6) is 0. The summed E-state index contributed by atoms with van der Waals surface area (Å²) >= 11 is 0. The summed E-state index contributed by atoms with van der Waals surface area (Å²) in [4.78, 5) is 28.4. The van der Waals surface area contributed by atoms with Gasteiger partial charge >= 0.3 is 90.3 Å². The Morgan fingerprint density at radius 3 is 2.20 bits per heavy atom. The first kappa shape index (κ1) is 15.6. The van der Waals surface area contributed by atoms with Gasteiger partial charge in [0.1, 0.15) is 0 Å². The molecule has 0 aliphatic rings. The zero-order valence-electron chi connectivity index (χ0n) is 9.63. The molecule has 0 aromatic rings. The van der Waals surface area contributed by atoms with Gasteiger partial charge in [0.2, 0.25) is 0 Å². The molecule has 0 rings (SSSR count). The molecular weight excluding hydrogens is 242 g/mol. The average molecular weight is 264 g/mol. The van der Waals surface area contributed by atoms with E-state index in [4.69, 9.17) is 8.83 Å². The fourth-order valence-corrected chi connectivity index (χ4v) is 4.75. The molecule has 6 nitrogen and oxygen atoms in total. The normalized spacial score (nSPS) is 17.1. The number of hydrogen-bond acceptors (Lipinski definition) is 6. The van der Waals surface area contributed by atoms with Gasteiger partial charge in [0.05, 0.1) is 0 Å². The van der Waals surface area contributed by atoms with Gasteiger partial charge in [0, 0.05) is 0 Å². The van der Waals surface area contributed by atoms with Crippen molar-refractivity contribution in [3.05, 3.63) is 0 Å². The second kappa shape index (κ2) is 5.30. The van der Waals surface area contributed by atoms with Crippen molar-refractivity contribution < 1.29 is 28.0 Å². The van der Waals surface area contributed by atoms with Crippen LogP contribution in [0.1, 0.15) is 19.8 Å². The first-order valence-electron chi connectivity index (χ1n) is 4.72. The van der Waals surface area contributed by atoms with Crippen LogP contribution in [0.25, 0.3) is 0 Å². The maximum absolute atomic E-state index is 9.99. The fraction of sp³-hybridized carbons (Fsp3) is 1.00. The summed E-state index contributed by atoms with van der Waals surface area (Å²) in [6.07, 6.45) is 1.68. The Kier molecular flexibility index (Phi) is 5.52. The summed E-state index contributed by atoms with van der Waals surface area (Å²) in [6, 6.07) is 0. The predicted molar refractivity (Wildman–Crippen MR) is 62.7 cm³/mol. The van der Waals surface area contributed by atoms with E-state index in [1.807, 2.05) is 6.92 Å². The number of hydrogen-bond donors (Lipinski definition) is 3. The Morgan fingerprint density at radius 2 is 1.80 bits per heavy atom. The van der Waals surface area contributed by atoms with E-state index in [2.05, 4.69) is 4.52 Å². The monoisotopic (exact) mass is 264 g/mol. The van der Waals surface area contributed by atoms with Gasteiger partial charge in [-0.1, -0.05) is 0 Å². The molecule has 0 aliphatic heterocycles. The van der Waals surface area contributed by atoms with Crippen LogP contribution in [0.5, 0.6) is 0 Å². The van der Waals surface area contributed by atoms with E-state index in [0.29, 0.717) is 6.61 Å². The Balaban J connectivity index is 4.34. The molecule has 0 bridgehead atoms. The summed E-state index contributed by atoms with van der Waals surface area (Å²) in [5, 5.41) is 0. The van der Waals surface area contributed by atoms with E-state index in [9.17, 15) is 14.7 Å². The van der Waals surface area contributed by atoms with Gasteiger partial charge in [0.15, 0.2) is 0 Å². The zero-order valence-corrected chi connectivity index (χ0v) is 11.5. The summed E-state index contributed by atoms with van der Waals surface area (Å²) in [7, 11) is -7.09. The minimum absolute atomic E-state index is 0.312. The predicted octanol–water partition coefficient (Wildman–Crippen LogP) is 1.41. The summed E-state index contributed by atoms with van der Waals surface area (Å²) < 4.78 is 14.4. The van der Waals surface area contributed by atoms with Gasteiger partial charge < -0.3 is 0 Å². The third-order valence-corrected chi connectivity index (χ3v) is 6.09. The standard InChI is InChI=1S/C7H22O6P2/c1-5-6-7-12-15(3,4,10)13-14(8,9)11-2/h8-10,14H,5-7H2,1-4H3. The zero-order chi connectivity index (χ0) is 12.2. The van der Waals surface area contributed by atoms with Crippen LogP contribution in [-0.2, 0) is 13.4 Å². The van der Waals surface area contributed by atoms with Crippen molar-refractivity contribution in [2.24, 2.45) is 0 Å². The van der Waals surface area contributed by atoms with Crippen molar-refractivity contribution in [3.63, 3.8) is 0 Å². The van der Waals surface area contributed by atoms with Crippen molar-refractivity contribution in [2.75, 3.05) is 27.0 Å². The van der Waals surface area contributed by atoms with Gasteiger partial charge in [-0.25, -0.2) is 0 Å².